The van der Waals surface area contributed by atoms with E-state index in [1.54, 1.807) is 16.7 Å². The minimum absolute atomic E-state index is 0.160. The number of benzene rings is 1. The molecule has 0 saturated heterocycles. The number of ether oxygens (including phenoxy) is 1. The highest BCUT2D eigenvalue weighted by Crippen LogP contribution is 2.59. The van der Waals surface area contributed by atoms with Crippen molar-refractivity contribution in [1.82, 2.24) is 24.4 Å². The molecule has 2 fully saturated rings. The number of hydrogen-bond donors (Lipinski definition) is 2. The number of hydrogen-bond acceptors (Lipinski definition) is 6. The van der Waals surface area contributed by atoms with Crippen LogP contribution < -0.4 is 16.6 Å². The molecule has 5 rings (SSSR count). The van der Waals surface area contributed by atoms with Gasteiger partial charge in [-0.15, -0.1) is 0 Å². The van der Waals surface area contributed by atoms with E-state index in [9.17, 15) is 19.2 Å². The summed E-state index contributed by atoms with van der Waals surface area (Å²) >= 11 is 0. The van der Waals surface area contributed by atoms with Crippen molar-refractivity contribution in [3.05, 3.63) is 62.6 Å². The zero-order valence-corrected chi connectivity index (χ0v) is 22.9. The Kier molecular flexibility index (Phi) is 7.22. The third-order valence-electron chi connectivity index (χ3n) is 8.65. The first-order valence-electron chi connectivity index (χ1n) is 14.0. The molecule has 1 amide bonds. The van der Waals surface area contributed by atoms with Gasteiger partial charge in [0.15, 0.2) is 11.7 Å². The first-order chi connectivity index (χ1) is 18.8. The second-order valence-electron chi connectivity index (χ2n) is 11.1. The maximum atomic E-state index is 13.8. The Hall–Kier alpha value is -3.69. The Balaban J connectivity index is 1.50. The van der Waals surface area contributed by atoms with Crippen LogP contribution in [0.5, 0.6) is 0 Å². The molecule has 10 nitrogen and oxygen atoms in total. The second-order valence-corrected chi connectivity index (χ2v) is 11.1. The molecule has 2 aromatic heterocycles. The van der Waals surface area contributed by atoms with Crippen molar-refractivity contribution in [2.45, 2.75) is 89.8 Å². The molecule has 39 heavy (non-hydrogen) atoms. The maximum absolute atomic E-state index is 13.8. The van der Waals surface area contributed by atoms with E-state index in [2.05, 4.69) is 10.3 Å². The van der Waals surface area contributed by atoms with Crippen molar-refractivity contribution in [3.8, 4) is 0 Å². The molecule has 0 aliphatic heterocycles. The zero-order valence-electron chi connectivity index (χ0n) is 22.9. The van der Waals surface area contributed by atoms with Crippen LogP contribution >= 0.6 is 0 Å². The normalized spacial score (nSPS) is 23.1. The molecule has 0 radical (unpaired) electrons. The number of methoxy groups -OCH3 is 1. The lowest BCUT2D eigenvalue weighted by Gasteiger charge is -2.38. The lowest BCUT2D eigenvalue weighted by molar-refractivity contribution is -0.147. The van der Waals surface area contributed by atoms with Crippen molar-refractivity contribution >= 4 is 23.0 Å². The Labute approximate surface area is 226 Å². The summed E-state index contributed by atoms with van der Waals surface area (Å²) in [7, 11) is 1.32. The molecule has 10 heteroatoms. The van der Waals surface area contributed by atoms with Crippen LogP contribution in [0.4, 0.5) is 0 Å². The molecule has 2 bridgehead atoms. The monoisotopic (exact) mass is 535 g/mol. The Morgan fingerprint density at radius 1 is 1.05 bits per heavy atom. The number of nitrogens with one attached hydrogen (secondary N) is 2. The predicted octanol–water partition coefficient (Wildman–Crippen LogP) is 3.33. The van der Waals surface area contributed by atoms with E-state index in [1.165, 1.54) is 11.7 Å². The SMILES string of the molecule is CCCn1c(=O)c2[nH]c(C34CCCC(C(=O)N[C@@H](C(=O)OC)c5ccccc5)(CC3)C4)nc2n(CCC)c1=O. The van der Waals surface area contributed by atoms with Gasteiger partial charge in [0.05, 0.1) is 12.5 Å². The van der Waals surface area contributed by atoms with E-state index in [4.69, 9.17) is 9.72 Å². The van der Waals surface area contributed by atoms with E-state index in [0.29, 0.717) is 61.3 Å². The van der Waals surface area contributed by atoms with Crippen molar-refractivity contribution in [1.29, 1.82) is 0 Å². The van der Waals surface area contributed by atoms with Gasteiger partial charge in [0.25, 0.3) is 5.56 Å². The summed E-state index contributed by atoms with van der Waals surface area (Å²) in [6.07, 6.45) is 5.73. The van der Waals surface area contributed by atoms with Crippen molar-refractivity contribution < 1.29 is 14.3 Å². The Morgan fingerprint density at radius 2 is 1.77 bits per heavy atom. The van der Waals surface area contributed by atoms with Gasteiger partial charge in [-0.2, -0.15) is 0 Å². The molecule has 0 spiro atoms. The van der Waals surface area contributed by atoms with Crippen LogP contribution in [0, 0.1) is 5.41 Å². The van der Waals surface area contributed by atoms with E-state index in [0.717, 1.165) is 25.7 Å². The first-order valence-corrected chi connectivity index (χ1v) is 14.0. The number of esters is 1. The number of fused-ring (bicyclic) bond motifs is 3. The minimum atomic E-state index is -0.887. The van der Waals surface area contributed by atoms with Gasteiger partial charge in [0.1, 0.15) is 11.3 Å². The van der Waals surface area contributed by atoms with Crippen LogP contribution in [0.3, 0.4) is 0 Å². The fourth-order valence-electron chi connectivity index (χ4n) is 6.71. The van der Waals surface area contributed by atoms with Crippen molar-refractivity contribution in [2.75, 3.05) is 7.11 Å². The number of nitrogens with zero attached hydrogens (tertiary/aromatic N) is 3. The van der Waals surface area contributed by atoms with Gasteiger partial charge in [-0.05, 0) is 50.5 Å². The summed E-state index contributed by atoms with van der Waals surface area (Å²) in [6, 6.07) is 8.22. The molecule has 2 aliphatic rings. The Morgan fingerprint density at radius 3 is 2.46 bits per heavy atom. The predicted molar refractivity (Wildman–Crippen MR) is 146 cm³/mol. The number of carbonyl (C=O) groups is 2. The third-order valence-corrected chi connectivity index (χ3v) is 8.65. The van der Waals surface area contributed by atoms with Crippen molar-refractivity contribution in [2.24, 2.45) is 5.41 Å². The summed E-state index contributed by atoms with van der Waals surface area (Å²) in [5.41, 5.74) is -0.315. The van der Waals surface area contributed by atoms with Crippen LogP contribution in [-0.2, 0) is 32.8 Å². The number of imidazole rings is 1. The average molecular weight is 536 g/mol. The number of aromatic nitrogens is 4. The van der Waals surface area contributed by atoms with Gasteiger partial charge in [0, 0.05) is 18.5 Å². The van der Waals surface area contributed by atoms with Crippen LogP contribution in [0.2, 0.25) is 0 Å². The lowest BCUT2D eigenvalue weighted by atomic mass is 9.68. The third kappa shape index (κ3) is 4.49. The highest BCUT2D eigenvalue weighted by Gasteiger charge is 2.57. The van der Waals surface area contributed by atoms with Crippen molar-refractivity contribution in [3.63, 3.8) is 0 Å². The summed E-state index contributed by atoms with van der Waals surface area (Å²) in [6.45, 7) is 4.74. The van der Waals surface area contributed by atoms with Crippen LogP contribution in [0.15, 0.2) is 39.9 Å². The highest BCUT2D eigenvalue weighted by atomic mass is 16.5. The summed E-state index contributed by atoms with van der Waals surface area (Å²) in [5, 5.41) is 2.99. The highest BCUT2D eigenvalue weighted by molar-refractivity contribution is 5.89. The number of carbonyl (C=O) groups excluding carboxylic acids is 2. The van der Waals surface area contributed by atoms with Gasteiger partial charge < -0.3 is 15.0 Å². The average Bonchev–Trinajstić information content (AvgIpc) is 3.52. The van der Waals surface area contributed by atoms with E-state index in [1.807, 2.05) is 32.0 Å². The maximum Gasteiger partial charge on any atom is 0.333 e. The van der Waals surface area contributed by atoms with E-state index >= 15 is 0 Å². The Bertz CT molecular complexity index is 1510. The van der Waals surface area contributed by atoms with E-state index in [-0.39, 0.29) is 17.2 Å². The standard InChI is InChI=1S/C29H37N5O5/c1-4-16-33-22-21(23(35)34(17-5-2)27(33)38)30-25(32-22)28-12-9-13-29(18-28,15-14-28)26(37)31-20(24(36)39-3)19-10-7-6-8-11-19/h6-8,10-11,20H,4-5,9,12-18H2,1-3H3,(H,30,32)(H,31,37)/t20-,28?,29?/m1/s1. The van der Waals surface area contributed by atoms with Gasteiger partial charge in [-0.1, -0.05) is 50.6 Å². The van der Waals surface area contributed by atoms with E-state index < -0.39 is 22.8 Å². The number of amides is 1. The number of aryl methyl sites for hydroxylation is 1. The number of aromatic amines is 1. The molecule has 2 unspecified atom stereocenters. The largest absolute Gasteiger partial charge is 0.467 e. The molecule has 2 N–H and O–H groups in total. The van der Waals surface area contributed by atoms with Gasteiger partial charge in [-0.25, -0.2) is 14.6 Å². The fourth-order valence-corrected chi connectivity index (χ4v) is 6.71. The van der Waals surface area contributed by atoms with Gasteiger partial charge in [-0.3, -0.25) is 18.7 Å². The molecule has 2 heterocycles. The summed E-state index contributed by atoms with van der Waals surface area (Å²) < 4.78 is 7.90. The summed E-state index contributed by atoms with van der Waals surface area (Å²) in [4.78, 5) is 61.1. The minimum Gasteiger partial charge on any atom is -0.467 e. The number of rotatable bonds is 9. The topological polar surface area (TPSA) is 128 Å². The molecule has 2 saturated carbocycles. The second kappa shape index (κ2) is 10.5. The molecular formula is C29H37N5O5. The lowest BCUT2D eigenvalue weighted by Crippen LogP contribution is -2.46. The van der Waals surface area contributed by atoms with Crippen LogP contribution in [-0.4, -0.2) is 38.1 Å². The van der Waals surface area contributed by atoms with Crippen LogP contribution in [0.1, 0.15) is 82.6 Å². The molecule has 208 valence electrons. The fraction of sp³-hybridized carbons (Fsp3) is 0.552. The molecule has 3 aromatic rings. The molecule has 3 atom stereocenters. The molecular weight excluding hydrogens is 498 g/mol. The summed E-state index contributed by atoms with van der Waals surface area (Å²) in [5.74, 6) is 0.00300. The van der Waals surface area contributed by atoms with Gasteiger partial charge >= 0.3 is 11.7 Å². The first kappa shape index (κ1) is 26.9. The molecule has 1 aromatic carbocycles. The molecule has 2 aliphatic carbocycles. The zero-order chi connectivity index (χ0) is 27.8. The number of H-pyrrole nitrogens is 1. The smallest absolute Gasteiger partial charge is 0.333 e. The van der Waals surface area contributed by atoms with Gasteiger partial charge in [0.2, 0.25) is 5.91 Å². The van der Waals surface area contributed by atoms with Crippen LogP contribution in [0.25, 0.3) is 11.2 Å². The quantitative estimate of drug-likeness (QED) is 0.405.